The van der Waals surface area contributed by atoms with Crippen molar-refractivity contribution in [2.24, 2.45) is 5.73 Å². The molecule has 3 N–H and O–H groups in total. The Morgan fingerprint density at radius 1 is 1.70 bits per heavy atom. The van der Waals surface area contributed by atoms with Crippen LogP contribution in [0.4, 0.5) is 0 Å². The van der Waals surface area contributed by atoms with Crippen molar-refractivity contribution in [1.29, 1.82) is 0 Å². The fraction of sp³-hybridized carbons (Fsp3) is 0.462. The largest absolute Gasteiger partial charge is 0.495 e. The number of fused-ring (bicyclic) bond motifs is 2. The number of nitrogens with zero attached hydrogens (tertiary/aromatic N) is 1. The predicted octanol–water partition coefficient (Wildman–Crippen LogP) is -0.886. The molecule has 1 amide bonds. The Hall–Kier alpha value is -1.57. The second-order valence-electron chi connectivity index (χ2n) is 5.53. The number of carbonyl (C=O) groups excluding carboxylic acids is 1. The number of nitrogens with two attached hydrogens (primary N) is 1. The minimum absolute atomic E-state index is 0.0189. The lowest BCUT2D eigenvalue weighted by molar-refractivity contribution is -0.128. The molecule has 3 atom stereocenters. The summed E-state index contributed by atoms with van der Waals surface area (Å²) in [7, 11) is -1.02. The Labute approximate surface area is 116 Å². The van der Waals surface area contributed by atoms with Crippen molar-refractivity contribution in [2.45, 2.75) is 31.2 Å². The standard InChI is InChI=1S/C13H15BN2O4/c1-7(17)16-11-5-13(11,16)19-9-4-2-3-8-10(6-15)20-14(18)12(8)9/h2-4,10-11,18H,5-6,15H2,1H3. The normalized spacial score (nSPS) is 32.8. The first-order valence-corrected chi connectivity index (χ1v) is 6.74. The summed E-state index contributed by atoms with van der Waals surface area (Å²) < 4.78 is 11.4. The van der Waals surface area contributed by atoms with Gasteiger partial charge in [0.1, 0.15) is 11.8 Å². The Morgan fingerprint density at radius 2 is 2.50 bits per heavy atom. The van der Waals surface area contributed by atoms with Crippen LogP contribution in [-0.2, 0) is 9.45 Å². The summed E-state index contributed by atoms with van der Waals surface area (Å²) in [4.78, 5) is 13.1. The van der Waals surface area contributed by atoms with E-state index in [0.29, 0.717) is 17.8 Å². The van der Waals surface area contributed by atoms with Crippen LogP contribution in [0.2, 0.25) is 0 Å². The number of likely N-dealkylation sites (tertiary alicyclic amines) is 1. The Kier molecular flexibility index (Phi) is 2.29. The fourth-order valence-electron chi connectivity index (χ4n) is 3.18. The molecule has 7 heteroatoms. The molecule has 1 saturated carbocycles. The van der Waals surface area contributed by atoms with E-state index in [0.717, 1.165) is 12.0 Å². The third kappa shape index (κ3) is 1.42. The Morgan fingerprint density at radius 3 is 3.10 bits per heavy atom. The van der Waals surface area contributed by atoms with Crippen molar-refractivity contribution >= 4 is 18.5 Å². The maximum absolute atomic E-state index is 11.4. The van der Waals surface area contributed by atoms with Crippen LogP contribution in [0.1, 0.15) is 25.0 Å². The van der Waals surface area contributed by atoms with Crippen molar-refractivity contribution in [3.05, 3.63) is 23.8 Å². The van der Waals surface area contributed by atoms with Crippen LogP contribution in [0.3, 0.4) is 0 Å². The molecule has 2 fully saturated rings. The first kappa shape index (κ1) is 12.2. The first-order valence-electron chi connectivity index (χ1n) is 6.74. The first-order chi connectivity index (χ1) is 9.58. The number of ether oxygens (including phenoxy) is 1. The molecule has 1 aromatic rings. The molecule has 1 aromatic carbocycles. The summed E-state index contributed by atoms with van der Waals surface area (Å²) in [5.74, 6) is 0.600. The number of hydrogen-bond acceptors (Lipinski definition) is 5. The molecule has 0 aromatic heterocycles. The molecule has 0 radical (unpaired) electrons. The SMILES string of the molecule is CC(=O)N1C2CC21Oc1cccc2c1B(O)OC2CN. The Balaban J connectivity index is 1.65. The summed E-state index contributed by atoms with van der Waals surface area (Å²) >= 11 is 0. The minimum Gasteiger partial charge on any atom is -0.466 e. The van der Waals surface area contributed by atoms with Gasteiger partial charge in [-0.1, -0.05) is 12.1 Å². The van der Waals surface area contributed by atoms with Crippen LogP contribution >= 0.6 is 0 Å². The zero-order valence-corrected chi connectivity index (χ0v) is 11.1. The lowest BCUT2D eigenvalue weighted by Gasteiger charge is -2.17. The van der Waals surface area contributed by atoms with E-state index >= 15 is 0 Å². The molecule has 104 valence electrons. The number of hydrogen-bond donors (Lipinski definition) is 2. The molecule has 6 nitrogen and oxygen atoms in total. The highest BCUT2D eigenvalue weighted by molar-refractivity contribution is 6.62. The van der Waals surface area contributed by atoms with E-state index in [-0.39, 0.29) is 18.1 Å². The van der Waals surface area contributed by atoms with Crippen molar-refractivity contribution in [2.75, 3.05) is 6.54 Å². The summed E-state index contributed by atoms with van der Waals surface area (Å²) in [5, 5.41) is 10.0. The number of benzene rings is 1. The van der Waals surface area contributed by atoms with Gasteiger partial charge in [0, 0.05) is 25.4 Å². The van der Waals surface area contributed by atoms with Crippen LogP contribution in [0.25, 0.3) is 0 Å². The zero-order chi connectivity index (χ0) is 14.1. The quantitative estimate of drug-likeness (QED) is 0.552. The second kappa shape index (κ2) is 3.75. The molecular formula is C13H15BN2O4. The van der Waals surface area contributed by atoms with Crippen molar-refractivity contribution in [3.8, 4) is 5.75 Å². The van der Waals surface area contributed by atoms with E-state index in [4.69, 9.17) is 15.1 Å². The molecule has 4 rings (SSSR count). The molecule has 2 heterocycles. The lowest BCUT2D eigenvalue weighted by atomic mass is 9.78. The fourth-order valence-corrected chi connectivity index (χ4v) is 3.18. The molecule has 3 unspecified atom stereocenters. The van der Waals surface area contributed by atoms with E-state index in [1.165, 1.54) is 6.92 Å². The van der Waals surface area contributed by atoms with E-state index in [9.17, 15) is 9.82 Å². The van der Waals surface area contributed by atoms with E-state index < -0.39 is 12.8 Å². The van der Waals surface area contributed by atoms with Gasteiger partial charge >= 0.3 is 7.12 Å². The number of amides is 1. The van der Waals surface area contributed by atoms with Crippen LogP contribution in [0, 0.1) is 0 Å². The molecule has 1 saturated heterocycles. The maximum Gasteiger partial charge on any atom is 0.495 e. The highest BCUT2D eigenvalue weighted by atomic mass is 16.6. The van der Waals surface area contributed by atoms with Crippen LogP contribution in [-0.4, -0.2) is 41.3 Å². The number of carbonyl (C=O) groups is 1. The van der Waals surface area contributed by atoms with Gasteiger partial charge in [0.2, 0.25) is 11.6 Å². The van der Waals surface area contributed by atoms with Crippen LogP contribution < -0.4 is 15.9 Å². The van der Waals surface area contributed by atoms with E-state index in [1.54, 1.807) is 11.0 Å². The second-order valence-corrected chi connectivity index (χ2v) is 5.53. The highest BCUT2D eigenvalue weighted by Crippen LogP contribution is 2.63. The van der Waals surface area contributed by atoms with E-state index in [2.05, 4.69) is 0 Å². The zero-order valence-electron chi connectivity index (χ0n) is 11.1. The van der Waals surface area contributed by atoms with Crippen molar-refractivity contribution < 1.29 is 19.2 Å². The van der Waals surface area contributed by atoms with Gasteiger partial charge in [-0.3, -0.25) is 9.69 Å². The molecule has 2 aliphatic heterocycles. The molecular weight excluding hydrogens is 259 g/mol. The van der Waals surface area contributed by atoms with E-state index in [1.807, 2.05) is 12.1 Å². The maximum atomic E-state index is 11.4. The molecule has 0 bridgehead atoms. The molecule has 0 spiro atoms. The third-order valence-electron chi connectivity index (χ3n) is 4.32. The Bertz CT molecular complexity index is 610. The summed E-state index contributed by atoms with van der Waals surface area (Å²) in [6, 6.07) is 5.73. The summed E-state index contributed by atoms with van der Waals surface area (Å²) in [6.07, 6.45) is 0.548. The van der Waals surface area contributed by atoms with Crippen LogP contribution in [0.15, 0.2) is 18.2 Å². The molecule has 1 aliphatic carbocycles. The van der Waals surface area contributed by atoms with Gasteiger partial charge in [-0.15, -0.1) is 0 Å². The van der Waals surface area contributed by atoms with Gasteiger partial charge in [0.15, 0.2) is 0 Å². The monoisotopic (exact) mass is 274 g/mol. The highest BCUT2D eigenvalue weighted by Gasteiger charge is 2.83. The van der Waals surface area contributed by atoms with Gasteiger partial charge in [0.05, 0.1) is 6.10 Å². The van der Waals surface area contributed by atoms with Gasteiger partial charge in [0.25, 0.3) is 0 Å². The summed E-state index contributed by atoms with van der Waals surface area (Å²) in [6.45, 7) is 1.84. The predicted molar refractivity (Wildman–Crippen MR) is 71.2 cm³/mol. The van der Waals surface area contributed by atoms with Gasteiger partial charge in [-0.2, -0.15) is 0 Å². The smallest absolute Gasteiger partial charge is 0.466 e. The van der Waals surface area contributed by atoms with Crippen molar-refractivity contribution in [3.63, 3.8) is 0 Å². The average Bonchev–Trinajstić information content (AvgIpc) is 3.20. The minimum atomic E-state index is -1.02. The van der Waals surface area contributed by atoms with Gasteiger partial charge in [-0.25, -0.2) is 0 Å². The van der Waals surface area contributed by atoms with Crippen LogP contribution in [0.5, 0.6) is 5.75 Å². The lowest BCUT2D eigenvalue weighted by Crippen LogP contribution is -2.33. The number of rotatable bonds is 3. The average molecular weight is 274 g/mol. The molecule has 3 aliphatic rings. The van der Waals surface area contributed by atoms with Crippen molar-refractivity contribution in [1.82, 2.24) is 4.90 Å². The topological polar surface area (TPSA) is 84.8 Å². The van der Waals surface area contributed by atoms with Gasteiger partial charge in [-0.05, 0) is 11.6 Å². The van der Waals surface area contributed by atoms with Gasteiger partial charge < -0.3 is 20.1 Å². The third-order valence-corrected chi connectivity index (χ3v) is 4.32. The molecule has 20 heavy (non-hydrogen) atoms. The summed E-state index contributed by atoms with van der Waals surface area (Å²) in [5.41, 5.74) is 6.67.